The topological polar surface area (TPSA) is 9.23 Å². The molecule has 0 N–H and O–H groups in total. The van der Waals surface area contributed by atoms with E-state index in [-0.39, 0.29) is 4.75 Å². The molecule has 0 aliphatic carbocycles. The fourth-order valence-electron chi connectivity index (χ4n) is 3.63. The van der Waals surface area contributed by atoms with E-state index < -0.39 is 0 Å². The zero-order valence-corrected chi connectivity index (χ0v) is 17.5. The summed E-state index contributed by atoms with van der Waals surface area (Å²) in [5, 5.41) is 0. The third kappa shape index (κ3) is 3.94. The molecule has 0 fully saturated rings. The minimum absolute atomic E-state index is 0.371. The van der Waals surface area contributed by atoms with Crippen molar-refractivity contribution in [3.05, 3.63) is 131 Å². The summed E-state index contributed by atoms with van der Waals surface area (Å²) < 4.78 is 5.05. The maximum Gasteiger partial charge on any atom is 0.118 e. The molecule has 4 aromatic rings. The van der Waals surface area contributed by atoms with Crippen molar-refractivity contribution in [3.63, 3.8) is 0 Å². The van der Waals surface area contributed by atoms with Crippen molar-refractivity contribution in [3.8, 4) is 5.75 Å². The monoisotopic (exact) mass is 396 g/mol. The molecule has 0 bridgehead atoms. The molecule has 0 radical (unpaired) electrons. The van der Waals surface area contributed by atoms with Crippen molar-refractivity contribution in [1.82, 2.24) is 0 Å². The van der Waals surface area contributed by atoms with Gasteiger partial charge in [0.1, 0.15) is 5.75 Å². The number of ether oxygens (including phenoxy) is 1. The Morgan fingerprint density at radius 3 is 1.55 bits per heavy atom. The maximum absolute atomic E-state index is 5.42. The van der Waals surface area contributed by atoms with Gasteiger partial charge in [-0.1, -0.05) is 90.5 Å². The summed E-state index contributed by atoms with van der Waals surface area (Å²) in [6, 6.07) is 38.7. The largest absolute Gasteiger partial charge is 0.497 e. The van der Waals surface area contributed by atoms with E-state index in [4.69, 9.17) is 4.74 Å². The molecule has 0 spiro atoms. The second-order valence-electron chi connectivity index (χ2n) is 7.06. The smallest absolute Gasteiger partial charge is 0.118 e. The number of hydrogen-bond acceptors (Lipinski definition) is 2. The minimum atomic E-state index is -0.371. The average Bonchev–Trinajstić information content (AvgIpc) is 2.80. The van der Waals surface area contributed by atoms with Gasteiger partial charge in [-0.05, 0) is 47.9 Å². The summed E-state index contributed by atoms with van der Waals surface area (Å²) in [5.41, 5.74) is 4.99. The summed E-state index contributed by atoms with van der Waals surface area (Å²) in [4.78, 5) is 1.24. The van der Waals surface area contributed by atoms with Crippen LogP contribution in [0.2, 0.25) is 0 Å². The van der Waals surface area contributed by atoms with Crippen molar-refractivity contribution in [2.24, 2.45) is 0 Å². The summed E-state index contributed by atoms with van der Waals surface area (Å²) in [6.07, 6.45) is 0. The van der Waals surface area contributed by atoms with E-state index in [0.29, 0.717) is 0 Å². The van der Waals surface area contributed by atoms with Gasteiger partial charge in [-0.15, -0.1) is 11.8 Å². The number of methoxy groups -OCH3 is 1. The van der Waals surface area contributed by atoms with E-state index in [1.807, 2.05) is 23.9 Å². The molecule has 0 saturated carbocycles. The van der Waals surface area contributed by atoms with Gasteiger partial charge in [0.05, 0.1) is 11.9 Å². The van der Waals surface area contributed by atoms with Gasteiger partial charge in [0, 0.05) is 4.90 Å². The number of hydrogen-bond donors (Lipinski definition) is 0. The van der Waals surface area contributed by atoms with E-state index in [0.717, 1.165) is 5.75 Å². The quantitative estimate of drug-likeness (QED) is 0.254. The lowest BCUT2D eigenvalue weighted by Gasteiger charge is -2.35. The number of thioether (sulfide) groups is 1. The Morgan fingerprint density at radius 1 is 0.586 bits per heavy atom. The molecule has 0 saturated heterocycles. The molecule has 1 nitrogen and oxygen atoms in total. The lowest BCUT2D eigenvalue weighted by atomic mass is 9.84. The van der Waals surface area contributed by atoms with E-state index >= 15 is 0 Å². The molecule has 0 aliphatic heterocycles. The summed E-state index contributed by atoms with van der Waals surface area (Å²) in [5.74, 6) is 0.865. The lowest BCUT2D eigenvalue weighted by Crippen LogP contribution is -2.25. The lowest BCUT2D eigenvalue weighted by molar-refractivity contribution is 0.414. The van der Waals surface area contributed by atoms with Crippen LogP contribution in [0.3, 0.4) is 0 Å². The highest BCUT2D eigenvalue weighted by molar-refractivity contribution is 8.00. The van der Waals surface area contributed by atoms with Crippen LogP contribution >= 0.6 is 11.8 Å². The maximum atomic E-state index is 5.42. The van der Waals surface area contributed by atoms with Gasteiger partial charge in [0.25, 0.3) is 0 Å². The third-order valence-electron chi connectivity index (χ3n) is 5.15. The van der Waals surface area contributed by atoms with Crippen LogP contribution in [0, 0.1) is 6.92 Å². The zero-order chi connectivity index (χ0) is 20.1. The van der Waals surface area contributed by atoms with Gasteiger partial charge < -0.3 is 4.74 Å². The first-order valence-electron chi connectivity index (χ1n) is 9.73. The van der Waals surface area contributed by atoms with Gasteiger partial charge >= 0.3 is 0 Å². The number of benzene rings is 4. The van der Waals surface area contributed by atoms with Crippen LogP contribution in [0.4, 0.5) is 0 Å². The van der Waals surface area contributed by atoms with E-state index in [9.17, 15) is 0 Å². The predicted molar refractivity (Wildman–Crippen MR) is 123 cm³/mol. The number of rotatable bonds is 6. The molecular formula is C27H24OS. The normalized spacial score (nSPS) is 11.2. The first-order chi connectivity index (χ1) is 14.2. The van der Waals surface area contributed by atoms with Crippen molar-refractivity contribution in [2.75, 3.05) is 7.11 Å². The minimum Gasteiger partial charge on any atom is -0.497 e. The molecule has 29 heavy (non-hydrogen) atoms. The van der Waals surface area contributed by atoms with Crippen molar-refractivity contribution in [1.29, 1.82) is 0 Å². The van der Waals surface area contributed by atoms with Crippen molar-refractivity contribution in [2.45, 2.75) is 16.6 Å². The Morgan fingerprint density at radius 2 is 1.07 bits per heavy atom. The fraction of sp³-hybridized carbons (Fsp3) is 0.111. The Labute approximate surface area is 177 Å². The summed E-state index contributed by atoms with van der Waals surface area (Å²) >= 11 is 1.88. The summed E-state index contributed by atoms with van der Waals surface area (Å²) in [7, 11) is 1.71. The van der Waals surface area contributed by atoms with Gasteiger partial charge in [0.2, 0.25) is 0 Å². The molecular weight excluding hydrogens is 372 g/mol. The zero-order valence-electron chi connectivity index (χ0n) is 16.7. The fourth-order valence-corrected chi connectivity index (χ4v) is 5.02. The average molecular weight is 397 g/mol. The van der Waals surface area contributed by atoms with Crippen LogP contribution in [0.1, 0.15) is 22.3 Å². The molecule has 0 atom stereocenters. The van der Waals surface area contributed by atoms with Gasteiger partial charge in [0.15, 0.2) is 0 Å². The Bertz CT molecular complexity index is 1000. The van der Waals surface area contributed by atoms with Crippen molar-refractivity contribution >= 4 is 11.8 Å². The Balaban J connectivity index is 1.97. The van der Waals surface area contributed by atoms with Gasteiger partial charge in [-0.2, -0.15) is 0 Å². The third-order valence-corrected chi connectivity index (χ3v) is 6.67. The molecule has 0 aliphatic rings. The molecule has 144 valence electrons. The molecule has 0 aromatic heterocycles. The first kappa shape index (κ1) is 19.4. The van der Waals surface area contributed by atoms with Crippen LogP contribution in [0.15, 0.2) is 114 Å². The number of aryl methyl sites for hydroxylation is 1. The second-order valence-corrected chi connectivity index (χ2v) is 8.34. The van der Waals surface area contributed by atoms with Crippen LogP contribution in [0.5, 0.6) is 5.75 Å². The molecule has 4 rings (SSSR count). The molecule has 0 amide bonds. The first-order valence-corrected chi connectivity index (χ1v) is 10.6. The highest BCUT2D eigenvalue weighted by Crippen LogP contribution is 2.51. The molecule has 0 heterocycles. The van der Waals surface area contributed by atoms with Crippen LogP contribution in [0.25, 0.3) is 0 Å². The second kappa shape index (κ2) is 8.59. The van der Waals surface area contributed by atoms with Crippen molar-refractivity contribution < 1.29 is 4.74 Å². The van der Waals surface area contributed by atoms with Gasteiger partial charge in [-0.3, -0.25) is 0 Å². The van der Waals surface area contributed by atoms with Crippen LogP contribution in [-0.4, -0.2) is 7.11 Å². The van der Waals surface area contributed by atoms with Crippen LogP contribution in [-0.2, 0) is 4.75 Å². The van der Waals surface area contributed by atoms with Crippen LogP contribution < -0.4 is 4.74 Å². The van der Waals surface area contributed by atoms with E-state index in [1.165, 1.54) is 27.1 Å². The standard InChI is InChI=1S/C27H24OS/c1-21-13-19-26(20-14-21)29-27(22-9-5-3-6-10-22,23-11-7-4-8-12-23)24-15-17-25(28-2)18-16-24/h3-20H,1-2H3. The SMILES string of the molecule is COc1ccc(C(Sc2ccc(C)cc2)(c2ccccc2)c2ccccc2)cc1. The molecule has 2 heteroatoms. The van der Waals surface area contributed by atoms with E-state index in [2.05, 4.69) is 104 Å². The Kier molecular flexibility index (Phi) is 5.73. The Hall–Kier alpha value is -2.97. The molecule has 0 unspecified atom stereocenters. The summed E-state index contributed by atoms with van der Waals surface area (Å²) in [6.45, 7) is 2.12. The highest BCUT2D eigenvalue weighted by atomic mass is 32.2. The highest BCUT2D eigenvalue weighted by Gasteiger charge is 2.37. The van der Waals surface area contributed by atoms with E-state index in [1.54, 1.807) is 7.11 Å². The van der Waals surface area contributed by atoms with Gasteiger partial charge in [-0.25, -0.2) is 0 Å². The predicted octanol–water partition coefficient (Wildman–Crippen LogP) is 7.09. The molecule has 4 aromatic carbocycles.